The van der Waals surface area contributed by atoms with Crippen LogP contribution in [0, 0.1) is 0 Å². The van der Waals surface area contributed by atoms with Gasteiger partial charge in [-0.1, -0.05) is 24.3 Å². The van der Waals surface area contributed by atoms with Crippen molar-refractivity contribution in [3.8, 4) is 5.75 Å². The van der Waals surface area contributed by atoms with Crippen LogP contribution >= 0.6 is 15.9 Å². The number of aromatic hydroxyl groups is 1. The second kappa shape index (κ2) is 7.29. The smallest absolute Gasteiger partial charge is 0.242 e. The van der Waals surface area contributed by atoms with Crippen molar-refractivity contribution < 1.29 is 18.3 Å². The molecule has 0 aliphatic carbocycles. The Labute approximate surface area is 149 Å². The molecule has 1 N–H and O–H groups in total. The number of hydrogen-bond acceptors (Lipinski definition) is 4. The number of nitrogens with zero attached hydrogens (tertiary/aromatic N) is 1. The summed E-state index contributed by atoms with van der Waals surface area (Å²) in [5.74, 6) is -0.199. The van der Waals surface area contributed by atoms with E-state index in [-0.39, 0.29) is 22.0 Å². The molecule has 126 valence electrons. The molecule has 7 heteroatoms. The first-order valence-electron chi connectivity index (χ1n) is 6.95. The van der Waals surface area contributed by atoms with Gasteiger partial charge in [0, 0.05) is 19.7 Å². The lowest BCUT2D eigenvalue weighted by Gasteiger charge is -2.11. The lowest BCUT2D eigenvalue weighted by molar-refractivity contribution is 0.104. The second-order valence-corrected chi connectivity index (χ2v) is 8.23. The molecule has 0 aliphatic rings. The molecule has 2 aromatic rings. The quantitative estimate of drug-likeness (QED) is 0.607. The van der Waals surface area contributed by atoms with Gasteiger partial charge in [0.05, 0.1) is 9.37 Å². The van der Waals surface area contributed by atoms with Crippen LogP contribution in [0.3, 0.4) is 0 Å². The molecule has 2 aromatic carbocycles. The second-order valence-electron chi connectivity index (χ2n) is 5.22. The van der Waals surface area contributed by atoms with Crippen LogP contribution in [-0.2, 0) is 10.0 Å². The zero-order valence-corrected chi connectivity index (χ0v) is 15.5. The molecule has 0 heterocycles. The maximum Gasteiger partial charge on any atom is 0.242 e. The summed E-state index contributed by atoms with van der Waals surface area (Å²) in [5, 5.41) is 9.45. The van der Waals surface area contributed by atoms with Crippen LogP contribution in [0.25, 0.3) is 6.08 Å². The minimum absolute atomic E-state index is 0.0686. The predicted molar refractivity (Wildman–Crippen MR) is 96.5 cm³/mol. The lowest BCUT2D eigenvalue weighted by atomic mass is 10.1. The van der Waals surface area contributed by atoms with Gasteiger partial charge in [-0.2, -0.15) is 0 Å². The minimum atomic E-state index is -3.59. The predicted octanol–water partition coefficient (Wildman–Crippen LogP) is 3.30. The fourth-order valence-corrected chi connectivity index (χ4v) is 3.26. The molecule has 0 amide bonds. The topological polar surface area (TPSA) is 74.7 Å². The Morgan fingerprint density at radius 3 is 2.50 bits per heavy atom. The van der Waals surface area contributed by atoms with Crippen molar-refractivity contribution in [2.24, 2.45) is 0 Å². The van der Waals surface area contributed by atoms with Gasteiger partial charge >= 0.3 is 0 Å². The Hall–Kier alpha value is -1.96. The van der Waals surface area contributed by atoms with Gasteiger partial charge in [-0.3, -0.25) is 4.79 Å². The zero-order valence-electron chi connectivity index (χ0n) is 13.1. The third-order valence-electron chi connectivity index (χ3n) is 3.30. The van der Waals surface area contributed by atoms with Crippen molar-refractivity contribution in [1.82, 2.24) is 4.31 Å². The van der Waals surface area contributed by atoms with Gasteiger partial charge in [-0.15, -0.1) is 0 Å². The van der Waals surface area contributed by atoms with E-state index >= 15 is 0 Å². The number of phenols is 1. The summed E-state index contributed by atoms with van der Waals surface area (Å²) in [6.07, 6.45) is 2.96. The normalized spacial score (nSPS) is 12.0. The van der Waals surface area contributed by atoms with E-state index in [1.54, 1.807) is 24.3 Å². The van der Waals surface area contributed by atoms with E-state index in [1.165, 1.54) is 44.4 Å². The highest BCUT2D eigenvalue weighted by molar-refractivity contribution is 9.10. The average Bonchev–Trinajstić information content (AvgIpc) is 2.55. The molecule has 2 rings (SSSR count). The molecular formula is C17H16BrNO4S. The highest BCUT2D eigenvalue weighted by Gasteiger charge is 2.18. The van der Waals surface area contributed by atoms with Crippen molar-refractivity contribution >= 4 is 37.8 Å². The van der Waals surface area contributed by atoms with E-state index in [2.05, 4.69) is 15.9 Å². The Bertz CT molecular complexity index is 905. The summed E-state index contributed by atoms with van der Waals surface area (Å²) in [4.78, 5) is 12.3. The Morgan fingerprint density at radius 1 is 1.17 bits per heavy atom. The largest absolute Gasteiger partial charge is 0.507 e. The van der Waals surface area contributed by atoms with E-state index in [0.717, 1.165) is 9.87 Å². The molecule has 0 spiro atoms. The molecule has 0 aliphatic heterocycles. The molecule has 0 unspecified atom stereocenters. The molecule has 0 saturated heterocycles. The van der Waals surface area contributed by atoms with Crippen LogP contribution in [0.5, 0.6) is 5.75 Å². The number of hydrogen-bond donors (Lipinski definition) is 1. The van der Waals surface area contributed by atoms with Crippen molar-refractivity contribution in [1.29, 1.82) is 0 Å². The summed E-state index contributed by atoms with van der Waals surface area (Å²) in [5.41, 5.74) is 1.01. The molecule has 0 saturated carbocycles. The van der Waals surface area contributed by atoms with Gasteiger partial charge < -0.3 is 5.11 Å². The van der Waals surface area contributed by atoms with Crippen molar-refractivity contribution in [3.63, 3.8) is 0 Å². The molecule has 5 nitrogen and oxygen atoms in total. The number of carbonyl (C=O) groups excluding carboxylic acids is 1. The Kier molecular flexibility index (Phi) is 5.58. The van der Waals surface area contributed by atoms with Crippen molar-refractivity contribution in [3.05, 3.63) is 64.1 Å². The Morgan fingerprint density at radius 2 is 1.88 bits per heavy atom. The number of ketones is 1. The summed E-state index contributed by atoms with van der Waals surface area (Å²) >= 11 is 3.20. The lowest BCUT2D eigenvalue weighted by Crippen LogP contribution is -2.22. The van der Waals surface area contributed by atoms with Crippen molar-refractivity contribution in [2.75, 3.05) is 14.1 Å². The summed E-state index contributed by atoms with van der Waals surface area (Å²) in [6.45, 7) is 0. The average molecular weight is 410 g/mol. The van der Waals surface area contributed by atoms with Crippen LogP contribution in [0.1, 0.15) is 15.9 Å². The van der Waals surface area contributed by atoms with Gasteiger partial charge in [0.15, 0.2) is 5.78 Å². The van der Waals surface area contributed by atoms with Crippen LogP contribution in [0.4, 0.5) is 0 Å². The van der Waals surface area contributed by atoms with Crippen LogP contribution in [-0.4, -0.2) is 37.7 Å². The van der Waals surface area contributed by atoms with Crippen LogP contribution < -0.4 is 0 Å². The number of carbonyl (C=O) groups is 1. The van der Waals surface area contributed by atoms with Gasteiger partial charge in [0.2, 0.25) is 10.0 Å². The molecule has 0 atom stereocenters. The first-order chi connectivity index (χ1) is 11.2. The third kappa shape index (κ3) is 4.11. The number of benzene rings is 2. The molecule has 24 heavy (non-hydrogen) atoms. The SMILES string of the molecule is CN(C)S(=O)(=O)c1cccc(C(=O)C=Cc2ccc(O)c(Br)c2)c1. The maximum absolute atomic E-state index is 12.3. The molecule has 0 fully saturated rings. The first kappa shape index (κ1) is 18.4. The molecule has 0 radical (unpaired) electrons. The van der Waals surface area contributed by atoms with E-state index in [9.17, 15) is 18.3 Å². The van der Waals surface area contributed by atoms with Gasteiger partial charge in [-0.25, -0.2) is 12.7 Å². The monoisotopic (exact) mass is 409 g/mol. The van der Waals surface area contributed by atoms with Crippen LogP contribution in [0.15, 0.2) is 57.9 Å². The standard InChI is InChI=1S/C17H16BrNO4S/c1-19(2)24(22,23)14-5-3-4-13(11-14)16(20)8-6-12-7-9-17(21)15(18)10-12/h3-11,21H,1-2H3. The fraction of sp³-hybridized carbons (Fsp3) is 0.118. The highest BCUT2D eigenvalue weighted by Crippen LogP contribution is 2.25. The molecule has 0 bridgehead atoms. The number of phenolic OH excluding ortho intramolecular Hbond substituents is 1. The third-order valence-corrected chi connectivity index (χ3v) is 5.74. The summed E-state index contributed by atoms with van der Waals surface area (Å²) in [6, 6.07) is 10.8. The number of rotatable bonds is 5. The van der Waals surface area contributed by atoms with Crippen molar-refractivity contribution in [2.45, 2.75) is 4.90 Å². The van der Waals surface area contributed by atoms with Crippen LogP contribution in [0.2, 0.25) is 0 Å². The number of halogens is 1. The molecule has 0 aromatic heterocycles. The van der Waals surface area contributed by atoms with E-state index in [0.29, 0.717) is 4.47 Å². The van der Waals surface area contributed by atoms with E-state index in [4.69, 9.17) is 0 Å². The zero-order chi connectivity index (χ0) is 17.9. The number of sulfonamides is 1. The van der Waals surface area contributed by atoms with Gasteiger partial charge in [-0.05, 0) is 51.8 Å². The number of allylic oxidation sites excluding steroid dienone is 1. The molecular weight excluding hydrogens is 394 g/mol. The maximum atomic E-state index is 12.3. The van der Waals surface area contributed by atoms with E-state index < -0.39 is 10.0 Å². The van der Waals surface area contributed by atoms with Gasteiger partial charge in [0.1, 0.15) is 5.75 Å². The summed E-state index contributed by atoms with van der Waals surface area (Å²) in [7, 11) is -0.714. The fourth-order valence-electron chi connectivity index (χ4n) is 1.92. The Balaban J connectivity index is 2.27. The van der Waals surface area contributed by atoms with Gasteiger partial charge in [0.25, 0.3) is 0 Å². The summed E-state index contributed by atoms with van der Waals surface area (Å²) < 4.78 is 25.9. The minimum Gasteiger partial charge on any atom is -0.507 e. The first-order valence-corrected chi connectivity index (χ1v) is 9.18. The highest BCUT2D eigenvalue weighted by atomic mass is 79.9. The van der Waals surface area contributed by atoms with E-state index in [1.807, 2.05) is 0 Å².